The van der Waals surface area contributed by atoms with Crippen LogP contribution in [0.4, 0.5) is 0 Å². The predicted molar refractivity (Wildman–Crippen MR) is 74.6 cm³/mol. The Labute approximate surface area is 118 Å². The summed E-state index contributed by atoms with van der Waals surface area (Å²) in [5.41, 5.74) is 1.88. The largest absolute Gasteiger partial charge is 0.496 e. The fourth-order valence-electron chi connectivity index (χ4n) is 1.94. The molecule has 0 fully saturated rings. The maximum atomic E-state index is 12.0. The van der Waals surface area contributed by atoms with Crippen LogP contribution >= 0.6 is 0 Å². The quantitative estimate of drug-likeness (QED) is 0.852. The monoisotopic (exact) mass is 301 g/mol. The summed E-state index contributed by atoms with van der Waals surface area (Å²) in [5, 5.41) is 8.78. The fraction of sp³-hybridized carbons (Fsp3) is 0.538. The zero-order chi connectivity index (χ0) is 15.5. The molecule has 0 spiro atoms. The van der Waals surface area contributed by atoms with Gasteiger partial charge >= 0.3 is 5.97 Å². The molecule has 0 aliphatic rings. The first-order chi connectivity index (χ1) is 9.18. The van der Waals surface area contributed by atoms with Gasteiger partial charge < -0.3 is 9.84 Å². The van der Waals surface area contributed by atoms with E-state index < -0.39 is 27.5 Å². The van der Waals surface area contributed by atoms with Gasteiger partial charge in [0.2, 0.25) is 0 Å². The summed E-state index contributed by atoms with van der Waals surface area (Å²) in [7, 11) is -2.02. The Morgan fingerprint density at radius 3 is 2.55 bits per heavy atom. The van der Waals surface area contributed by atoms with E-state index in [0.717, 1.165) is 5.56 Å². The highest BCUT2D eigenvalue weighted by atomic mass is 32.2. The maximum Gasteiger partial charge on any atom is 0.307 e. The molecule has 1 aromatic heterocycles. The molecule has 20 heavy (non-hydrogen) atoms. The van der Waals surface area contributed by atoms with Gasteiger partial charge in [-0.15, -0.1) is 0 Å². The van der Waals surface area contributed by atoms with Crippen LogP contribution < -0.4 is 4.74 Å². The number of sulfone groups is 1. The van der Waals surface area contributed by atoms with Crippen molar-refractivity contribution in [1.82, 2.24) is 4.98 Å². The van der Waals surface area contributed by atoms with E-state index in [1.54, 1.807) is 13.1 Å². The molecule has 1 atom stereocenters. The minimum atomic E-state index is -3.54. The first-order valence-electron chi connectivity index (χ1n) is 6.10. The van der Waals surface area contributed by atoms with Gasteiger partial charge in [-0.25, -0.2) is 8.42 Å². The molecule has 1 aromatic rings. The summed E-state index contributed by atoms with van der Waals surface area (Å²) in [6.45, 7) is 4.93. The molecule has 0 aliphatic heterocycles. The van der Waals surface area contributed by atoms with Crippen molar-refractivity contribution in [2.45, 2.75) is 26.5 Å². The first kappa shape index (κ1) is 16.4. The van der Waals surface area contributed by atoms with Gasteiger partial charge in [-0.2, -0.15) is 0 Å². The van der Waals surface area contributed by atoms with Crippen molar-refractivity contribution in [2.24, 2.45) is 5.92 Å². The van der Waals surface area contributed by atoms with Gasteiger partial charge in [0.15, 0.2) is 9.84 Å². The number of pyridine rings is 1. The van der Waals surface area contributed by atoms with E-state index in [-0.39, 0.29) is 5.75 Å². The molecular weight excluding hydrogens is 282 g/mol. The molecule has 1 heterocycles. The summed E-state index contributed by atoms with van der Waals surface area (Å²) >= 11 is 0. The smallest absolute Gasteiger partial charge is 0.307 e. The van der Waals surface area contributed by atoms with E-state index >= 15 is 0 Å². The zero-order valence-electron chi connectivity index (χ0n) is 12.0. The molecule has 0 saturated carbocycles. The van der Waals surface area contributed by atoms with Crippen molar-refractivity contribution in [3.05, 3.63) is 23.0 Å². The van der Waals surface area contributed by atoms with Gasteiger partial charge in [-0.05, 0) is 13.8 Å². The van der Waals surface area contributed by atoms with Crippen LogP contribution in [0, 0.1) is 19.8 Å². The number of aliphatic carboxylic acids is 1. The Kier molecular flexibility index (Phi) is 5.10. The zero-order valence-corrected chi connectivity index (χ0v) is 12.8. The summed E-state index contributed by atoms with van der Waals surface area (Å²) < 4.78 is 29.2. The molecule has 1 N–H and O–H groups in total. The molecule has 0 bridgehead atoms. The normalized spacial score (nSPS) is 13.0. The molecule has 0 aliphatic carbocycles. The molecule has 6 nitrogen and oxygen atoms in total. The molecule has 0 amide bonds. The van der Waals surface area contributed by atoms with E-state index in [0.29, 0.717) is 17.0 Å². The Balaban J connectivity index is 3.02. The number of nitrogens with zero attached hydrogens (tertiary/aromatic N) is 1. The van der Waals surface area contributed by atoms with E-state index in [1.165, 1.54) is 14.0 Å². The second-order valence-electron chi connectivity index (χ2n) is 4.84. The lowest BCUT2D eigenvalue weighted by molar-refractivity contribution is -0.140. The van der Waals surface area contributed by atoms with Crippen molar-refractivity contribution >= 4 is 15.8 Å². The number of aryl methyl sites for hydroxylation is 1. The number of rotatable bonds is 6. The van der Waals surface area contributed by atoms with Gasteiger partial charge in [0, 0.05) is 17.3 Å². The molecule has 112 valence electrons. The van der Waals surface area contributed by atoms with Crippen molar-refractivity contribution < 1.29 is 23.1 Å². The SMILES string of the molecule is COc1c(C)cnc(CS(=O)(=O)CC(C)C(=O)O)c1C. The average Bonchev–Trinajstić information content (AvgIpc) is 2.32. The Morgan fingerprint density at radius 2 is 2.05 bits per heavy atom. The minimum absolute atomic E-state index is 0.285. The van der Waals surface area contributed by atoms with Gasteiger partial charge in [-0.3, -0.25) is 9.78 Å². The predicted octanol–water partition coefficient (Wildman–Crippen LogP) is 1.34. The third kappa shape index (κ3) is 3.93. The molecule has 1 rings (SSSR count). The van der Waals surface area contributed by atoms with Crippen LogP contribution in [0.5, 0.6) is 5.75 Å². The van der Waals surface area contributed by atoms with Crippen molar-refractivity contribution in [3.63, 3.8) is 0 Å². The van der Waals surface area contributed by atoms with Crippen LogP contribution in [0.15, 0.2) is 6.20 Å². The first-order valence-corrected chi connectivity index (χ1v) is 7.92. The number of methoxy groups -OCH3 is 1. The Morgan fingerprint density at radius 1 is 1.45 bits per heavy atom. The van der Waals surface area contributed by atoms with Crippen molar-refractivity contribution in [1.29, 1.82) is 0 Å². The summed E-state index contributed by atoms with van der Waals surface area (Å²) in [6, 6.07) is 0. The highest BCUT2D eigenvalue weighted by molar-refractivity contribution is 7.90. The Bertz CT molecular complexity index is 609. The van der Waals surface area contributed by atoms with Gasteiger partial charge in [0.1, 0.15) is 5.75 Å². The van der Waals surface area contributed by atoms with Crippen LogP contribution in [-0.2, 0) is 20.4 Å². The molecule has 0 aromatic carbocycles. The number of carbonyl (C=O) groups is 1. The number of hydrogen-bond donors (Lipinski definition) is 1. The molecule has 7 heteroatoms. The number of hydrogen-bond acceptors (Lipinski definition) is 5. The third-order valence-electron chi connectivity index (χ3n) is 3.03. The molecule has 0 saturated heterocycles. The highest BCUT2D eigenvalue weighted by Crippen LogP contribution is 2.25. The molecule has 1 unspecified atom stereocenters. The summed E-state index contributed by atoms with van der Waals surface area (Å²) in [6.07, 6.45) is 1.55. The van der Waals surface area contributed by atoms with Crippen LogP contribution in [-0.4, -0.2) is 37.3 Å². The van der Waals surface area contributed by atoms with E-state index in [9.17, 15) is 13.2 Å². The summed E-state index contributed by atoms with van der Waals surface area (Å²) in [4.78, 5) is 14.9. The molecule has 0 radical (unpaired) electrons. The third-order valence-corrected chi connectivity index (χ3v) is 4.75. The van der Waals surface area contributed by atoms with Gasteiger partial charge in [0.25, 0.3) is 0 Å². The lowest BCUT2D eigenvalue weighted by Crippen LogP contribution is -2.22. The summed E-state index contributed by atoms with van der Waals surface area (Å²) in [5.74, 6) is -2.14. The standard InChI is InChI=1S/C13H19NO5S/c1-8-5-14-11(10(3)12(8)19-4)7-20(17,18)6-9(2)13(15)16/h5,9H,6-7H2,1-4H3,(H,15,16). The van der Waals surface area contributed by atoms with Crippen molar-refractivity contribution in [3.8, 4) is 5.75 Å². The van der Waals surface area contributed by atoms with Crippen LogP contribution in [0.1, 0.15) is 23.7 Å². The number of carboxylic acids is 1. The lowest BCUT2D eigenvalue weighted by Gasteiger charge is -2.13. The van der Waals surface area contributed by atoms with Crippen LogP contribution in [0.25, 0.3) is 0 Å². The van der Waals surface area contributed by atoms with Crippen LogP contribution in [0.2, 0.25) is 0 Å². The number of carboxylic acid groups (broad SMARTS) is 1. The highest BCUT2D eigenvalue weighted by Gasteiger charge is 2.23. The lowest BCUT2D eigenvalue weighted by atomic mass is 10.1. The van der Waals surface area contributed by atoms with E-state index in [2.05, 4.69) is 4.98 Å². The topological polar surface area (TPSA) is 93.6 Å². The Hall–Kier alpha value is -1.63. The van der Waals surface area contributed by atoms with E-state index in [1.807, 2.05) is 6.92 Å². The van der Waals surface area contributed by atoms with Gasteiger partial charge in [-0.1, -0.05) is 6.92 Å². The maximum absolute atomic E-state index is 12.0. The fourth-order valence-corrected chi connectivity index (χ4v) is 3.67. The van der Waals surface area contributed by atoms with Crippen molar-refractivity contribution in [2.75, 3.05) is 12.9 Å². The number of aromatic nitrogens is 1. The minimum Gasteiger partial charge on any atom is -0.496 e. The average molecular weight is 301 g/mol. The van der Waals surface area contributed by atoms with Crippen LogP contribution in [0.3, 0.4) is 0 Å². The number of ether oxygens (including phenoxy) is 1. The van der Waals surface area contributed by atoms with Gasteiger partial charge in [0.05, 0.1) is 30.2 Å². The molecular formula is C13H19NO5S. The second-order valence-corrected chi connectivity index (χ2v) is 6.95. The van der Waals surface area contributed by atoms with E-state index in [4.69, 9.17) is 9.84 Å². The second kappa shape index (κ2) is 6.21.